The van der Waals surface area contributed by atoms with Gasteiger partial charge < -0.3 is 10.4 Å². The van der Waals surface area contributed by atoms with Crippen LogP contribution in [0.2, 0.25) is 5.02 Å². The molecular weight excluding hydrogens is 315 g/mol. The lowest BCUT2D eigenvalue weighted by molar-refractivity contribution is 0.0977. The minimum absolute atomic E-state index is 0.0121. The van der Waals surface area contributed by atoms with Crippen molar-refractivity contribution >= 4 is 40.5 Å². The number of nitrogens with one attached hydrogen (secondary N) is 2. The summed E-state index contributed by atoms with van der Waals surface area (Å²) >= 11 is 10.8. The molecule has 0 heterocycles. The lowest BCUT2D eigenvalue weighted by atomic mass is 10.2. The van der Waals surface area contributed by atoms with E-state index in [1.807, 2.05) is 0 Å². The van der Waals surface area contributed by atoms with Crippen LogP contribution in [0.1, 0.15) is 10.4 Å². The molecule has 2 aromatic rings. The van der Waals surface area contributed by atoms with E-state index >= 15 is 0 Å². The van der Waals surface area contributed by atoms with Gasteiger partial charge in [0.1, 0.15) is 11.6 Å². The van der Waals surface area contributed by atoms with E-state index < -0.39 is 11.7 Å². The molecular formula is C14H10ClFN2O2S. The normalized spacial score (nSPS) is 10.0. The first-order valence-electron chi connectivity index (χ1n) is 5.82. The molecule has 3 N–H and O–H groups in total. The van der Waals surface area contributed by atoms with Crippen molar-refractivity contribution in [2.45, 2.75) is 0 Å². The van der Waals surface area contributed by atoms with Crippen molar-refractivity contribution in [3.63, 3.8) is 0 Å². The third-order valence-corrected chi connectivity index (χ3v) is 2.98. The molecule has 0 bridgehead atoms. The molecule has 0 spiro atoms. The molecule has 4 nitrogen and oxygen atoms in total. The maximum Gasteiger partial charge on any atom is 0.257 e. The molecule has 0 aliphatic heterocycles. The molecule has 0 saturated carbocycles. The van der Waals surface area contributed by atoms with Gasteiger partial charge in [-0.15, -0.1) is 0 Å². The molecule has 0 saturated heterocycles. The largest absolute Gasteiger partial charge is 0.506 e. The van der Waals surface area contributed by atoms with Gasteiger partial charge in [0, 0.05) is 10.6 Å². The van der Waals surface area contributed by atoms with Gasteiger partial charge in [0.15, 0.2) is 5.11 Å². The van der Waals surface area contributed by atoms with Crippen LogP contribution in [0, 0.1) is 5.82 Å². The summed E-state index contributed by atoms with van der Waals surface area (Å²) in [7, 11) is 0. The molecule has 0 unspecified atom stereocenters. The molecule has 0 radical (unpaired) electrons. The predicted molar refractivity (Wildman–Crippen MR) is 83.2 cm³/mol. The van der Waals surface area contributed by atoms with Crippen LogP contribution in [-0.4, -0.2) is 16.1 Å². The maximum absolute atomic E-state index is 12.8. The Morgan fingerprint density at radius 1 is 1.19 bits per heavy atom. The van der Waals surface area contributed by atoms with Crippen molar-refractivity contribution in [2.75, 3.05) is 5.32 Å². The number of halogens is 2. The van der Waals surface area contributed by atoms with Gasteiger partial charge in [-0.3, -0.25) is 10.1 Å². The number of hydrogen-bond donors (Lipinski definition) is 3. The van der Waals surface area contributed by atoms with Crippen molar-refractivity contribution < 1.29 is 14.3 Å². The van der Waals surface area contributed by atoms with Crippen LogP contribution in [0.3, 0.4) is 0 Å². The van der Waals surface area contributed by atoms with Crippen molar-refractivity contribution in [1.29, 1.82) is 0 Å². The molecule has 7 heteroatoms. The molecule has 21 heavy (non-hydrogen) atoms. The lowest BCUT2D eigenvalue weighted by Crippen LogP contribution is -2.34. The summed E-state index contributed by atoms with van der Waals surface area (Å²) in [6.07, 6.45) is 0. The van der Waals surface area contributed by atoms with Gasteiger partial charge in [-0.2, -0.15) is 0 Å². The number of phenols is 1. The van der Waals surface area contributed by atoms with E-state index in [1.165, 1.54) is 42.5 Å². The molecule has 1 amide bonds. The van der Waals surface area contributed by atoms with Gasteiger partial charge >= 0.3 is 0 Å². The molecule has 0 fully saturated rings. The minimum atomic E-state index is -0.492. The molecule has 0 aliphatic carbocycles. The van der Waals surface area contributed by atoms with Crippen LogP contribution in [-0.2, 0) is 0 Å². The average Bonchev–Trinajstić information content (AvgIpc) is 2.43. The molecule has 0 aromatic heterocycles. The number of thiocarbonyl (C=S) groups is 1. The van der Waals surface area contributed by atoms with Crippen LogP contribution in [0.25, 0.3) is 0 Å². The topological polar surface area (TPSA) is 61.4 Å². The van der Waals surface area contributed by atoms with E-state index in [2.05, 4.69) is 10.6 Å². The van der Waals surface area contributed by atoms with Gasteiger partial charge in [-0.25, -0.2) is 4.39 Å². The van der Waals surface area contributed by atoms with Crippen LogP contribution in [0.5, 0.6) is 5.75 Å². The van der Waals surface area contributed by atoms with Crippen molar-refractivity contribution in [3.05, 3.63) is 58.9 Å². The molecule has 0 aliphatic rings. The molecule has 108 valence electrons. The lowest BCUT2D eigenvalue weighted by Gasteiger charge is -2.11. The molecule has 0 atom stereocenters. The maximum atomic E-state index is 12.8. The number of carbonyl (C=O) groups excluding carboxylic acids is 1. The fourth-order valence-electron chi connectivity index (χ4n) is 1.54. The second-order valence-electron chi connectivity index (χ2n) is 4.08. The fraction of sp³-hybridized carbons (Fsp3) is 0. The van der Waals surface area contributed by atoms with Gasteiger partial charge in [-0.05, 0) is 54.7 Å². The quantitative estimate of drug-likeness (QED) is 0.586. The Morgan fingerprint density at radius 2 is 1.86 bits per heavy atom. The Hall–Kier alpha value is -2.18. The predicted octanol–water partition coefficient (Wildman–Crippen LogP) is 3.31. The minimum Gasteiger partial charge on any atom is -0.506 e. The third-order valence-electron chi connectivity index (χ3n) is 2.54. The van der Waals surface area contributed by atoms with Crippen molar-refractivity contribution in [2.24, 2.45) is 0 Å². The number of carbonyl (C=O) groups is 1. The van der Waals surface area contributed by atoms with Crippen LogP contribution in [0.4, 0.5) is 10.1 Å². The third kappa shape index (κ3) is 4.14. The summed E-state index contributed by atoms with van der Waals surface area (Å²) in [6.45, 7) is 0. The van der Waals surface area contributed by atoms with Gasteiger partial charge in [0.25, 0.3) is 5.91 Å². The smallest absolute Gasteiger partial charge is 0.257 e. The fourth-order valence-corrected chi connectivity index (χ4v) is 1.91. The van der Waals surface area contributed by atoms with Crippen molar-refractivity contribution in [1.82, 2.24) is 5.32 Å². The van der Waals surface area contributed by atoms with E-state index in [9.17, 15) is 14.3 Å². The van der Waals surface area contributed by atoms with E-state index in [4.69, 9.17) is 23.8 Å². The second-order valence-corrected chi connectivity index (χ2v) is 4.92. The van der Waals surface area contributed by atoms with E-state index in [0.29, 0.717) is 5.02 Å². The number of anilines is 1. The van der Waals surface area contributed by atoms with Crippen LogP contribution >= 0.6 is 23.8 Å². The first-order valence-corrected chi connectivity index (χ1v) is 6.61. The second kappa shape index (κ2) is 6.51. The Balaban J connectivity index is 2.03. The Kier molecular flexibility index (Phi) is 4.72. The van der Waals surface area contributed by atoms with Crippen LogP contribution < -0.4 is 10.6 Å². The number of rotatable bonds is 2. The summed E-state index contributed by atoms with van der Waals surface area (Å²) in [5, 5.41) is 15.1. The number of amides is 1. The highest BCUT2D eigenvalue weighted by Crippen LogP contribution is 2.26. The Morgan fingerprint density at radius 3 is 2.52 bits per heavy atom. The first kappa shape index (κ1) is 15.2. The monoisotopic (exact) mass is 324 g/mol. The van der Waals surface area contributed by atoms with Crippen molar-refractivity contribution in [3.8, 4) is 5.75 Å². The number of phenolic OH excluding ortho intramolecular Hbond substituents is 1. The first-order chi connectivity index (χ1) is 9.95. The zero-order valence-corrected chi connectivity index (χ0v) is 12.1. The number of aromatic hydroxyl groups is 1. The molecule has 2 aromatic carbocycles. The highest BCUT2D eigenvalue weighted by atomic mass is 35.5. The summed E-state index contributed by atoms with van der Waals surface area (Å²) in [4.78, 5) is 11.9. The highest BCUT2D eigenvalue weighted by Gasteiger charge is 2.09. The summed E-state index contributed by atoms with van der Waals surface area (Å²) in [5.41, 5.74) is 0.530. The Bertz CT molecular complexity index is 692. The summed E-state index contributed by atoms with van der Waals surface area (Å²) in [6, 6.07) is 9.40. The number of benzene rings is 2. The molecule has 2 rings (SSSR count). The van der Waals surface area contributed by atoms with Crippen LogP contribution in [0.15, 0.2) is 42.5 Å². The number of hydrogen-bond acceptors (Lipinski definition) is 3. The van der Waals surface area contributed by atoms with E-state index in [1.54, 1.807) is 0 Å². The van der Waals surface area contributed by atoms with E-state index in [0.717, 1.165) is 0 Å². The highest BCUT2D eigenvalue weighted by molar-refractivity contribution is 7.80. The standard InChI is InChI=1S/C14H10ClFN2O2S/c15-9-3-6-12(19)11(7-9)17-14(21)18-13(20)8-1-4-10(16)5-2-8/h1-7,19H,(H2,17,18,20,21). The SMILES string of the molecule is O=C(NC(=S)Nc1cc(Cl)ccc1O)c1ccc(F)cc1. The average molecular weight is 325 g/mol. The van der Waals surface area contributed by atoms with Gasteiger partial charge in [0.05, 0.1) is 5.69 Å². The van der Waals surface area contributed by atoms with Gasteiger partial charge in [0.2, 0.25) is 0 Å². The summed E-state index contributed by atoms with van der Waals surface area (Å²) < 4.78 is 12.8. The van der Waals surface area contributed by atoms with E-state index in [-0.39, 0.29) is 22.1 Å². The zero-order valence-electron chi connectivity index (χ0n) is 10.6. The summed E-state index contributed by atoms with van der Waals surface area (Å²) in [5.74, 6) is -0.983. The zero-order chi connectivity index (χ0) is 15.4. The Labute approximate surface area is 130 Å². The van der Waals surface area contributed by atoms with Gasteiger partial charge in [-0.1, -0.05) is 11.6 Å².